The van der Waals surface area contributed by atoms with Crippen LogP contribution >= 0.6 is 0 Å². The second-order valence-electron chi connectivity index (χ2n) is 8.50. The molecule has 1 fully saturated rings. The summed E-state index contributed by atoms with van der Waals surface area (Å²) in [6, 6.07) is 19.2. The molecule has 0 saturated carbocycles. The third-order valence-electron chi connectivity index (χ3n) is 6.57. The van der Waals surface area contributed by atoms with E-state index in [0.29, 0.717) is 13.0 Å². The second-order valence-corrected chi connectivity index (χ2v) is 8.50. The van der Waals surface area contributed by atoms with Crippen molar-refractivity contribution in [2.75, 3.05) is 33.7 Å². The standard InChI is InChI=1S/C25H32N4O/c1-28(2)25(22-6-4-3-5-7-22)12-16-29(17-13-25)24(30)11-14-26-19-20-8-9-23-21(18-20)10-15-27-23/h3-10,15,18,26-27H,11-14,16-17,19H2,1-2H3. The number of rotatable bonds is 7. The first-order valence-corrected chi connectivity index (χ1v) is 10.9. The van der Waals surface area contributed by atoms with Crippen LogP contribution in [0.25, 0.3) is 10.9 Å². The molecule has 0 radical (unpaired) electrons. The number of hydrogen-bond donors (Lipinski definition) is 2. The first-order chi connectivity index (χ1) is 14.6. The van der Waals surface area contributed by atoms with Gasteiger partial charge in [0, 0.05) is 49.9 Å². The van der Waals surface area contributed by atoms with Gasteiger partial charge in [-0.3, -0.25) is 9.69 Å². The number of benzene rings is 2. The van der Waals surface area contributed by atoms with Gasteiger partial charge in [-0.1, -0.05) is 36.4 Å². The summed E-state index contributed by atoms with van der Waals surface area (Å²) >= 11 is 0. The maximum absolute atomic E-state index is 12.7. The van der Waals surface area contributed by atoms with E-state index in [2.05, 4.69) is 83.9 Å². The quantitative estimate of drug-likeness (QED) is 0.590. The average molecular weight is 405 g/mol. The van der Waals surface area contributed by atoms with Crippen molar-refractivity contribution >= 4 is 16.8 Å². The number of hydrogen-bond acceptors (Lipinski definition) is 3. The van der Waals surface area contributed by atoms with E-state index in [9.17, 15) is 4.79 Å². The van der Waals surface area contributed by atoms with Crippen molar-refractivity contribution in [3.05, 3.63) is 71.9 Å². The van der Waals surface area contributed by atoms with Crippen molar-refractivity contribution in [2.24, 2.45) is 0 Å². The molecule has 1 saturated heterocycles. The topological polar surface area (TPSA) is 51.4 Å². The molecule has 0 aliphatic carbocycles. The smallest absolute Gasteiger partial charge is 0.223 e. The first-order valence-electron chi connectivity index (χ1n) is 10.9. The highest BCUT2D eigenvalue weighted by molar-refractivity contribution is 5.80. The number of piperidine rings is 1. The van der Waals surface area contributed by atoms with Crippen LogP contribution < -0.4 is 5.32 Å². The molecule has 5 heteroatoms. The summed E-state index contributed by atoms with van der Waals surface area (Å²) in [6.45, 7) is 3.12. The number of nitrogens with one attached hydrogen (secondary N) is 2. The Labute approximate surface area is 179 Å². The number of nitrogens with zero attached hydrogens (tertiary/aromatic N) is 2. The normalized spacial score (nSPS) is 16.3. The molecule has 5 nitrogen and oxygen atoms in total. The number of aromatic nitrogens is 1. The lowest BCUT2D eigenvalue weighted by Crippen LogP contribution is -2.52. The number of fused-ring (bicyclic) bond motifs is 1. The van der Waals surface area contributed by atoms with Gasteiger partial charge >= 0.3 is 0 Å². The molecule has 2 heterocycles. The molecule has 0 spiro atoms. The molecular formula is C25H32N4O. The third-order valence-corrected chi connectivity index (χ3v) is 6.57. The van der Waals surface area contributed by atoms with Gasteiger partial charge in [-0.2, -0.15) is 0 Å². The molecule has 2 aromatic carbocycles. The zero-order chi connectivity index (χ0) is 21.0. The summed E-state index contributed by atoms with van der Waals surface area (Å²) in [5, 5.41) is 4.65. The van der Waals surface area contributed by atoms with Gasteiger partial charge in [-0.25, -0.2) is 0 Å². The maximum atomic E-state index is 12.7. The Morgan fingerprint density at radius 3 is 2.60 bits per heavy atom. The molecule has 1 aromatic heterocycles. The van der Waals surface area contributed by atoms with E-state index in [4.69, 9.17) is 0 Å². The molecule has 4 rings (SSSR count). The van der Waals surface area contributed by atoms with E-state index >= 15 is 0 Å². The molecule has 2 N–H and O–H groups in total. The van der Waals surface area contributed by atoms with Gasteiger partial charge in [0.15, 0.2) is 0 Å². The van der Waals surface area contributed by atoms with Crippen molar-refractivity contribution in [2.45, 2.75) is 31.3 Å². The minimum absolute atomic E-state index is 0.0210. The maximum Gasteiger partial charge on any atom is 0.223 e. The fourth-order valence-electron chi connectivity index (χ4n) is 4.67. The summed E-state index contributed by atoms with van der Waals surface area (Å²) in [6.07, 6.45) is 4.45. The molecule has 1 amide bonds. The Morgan fingerprint density at radius 1 is 1.10 bits per heavy atom. The van der Waals surface area contributed by atoms with E-state index in [1.807, 2.05) is 11.1 Å². The zero-order valence-electron chi connectivity index (χ0n) is 18.0. The highest BCUT2D eigenvalue weighted by Gasteiger charge is 2.38. The van der Waals surface area contributed by atoms with Crippen molar-refractivity contribution in [3.8, 4) is 0 Å². The van der Waals surface area contributed by atoms with Gasteiger partial charge in [0.2, 0.25) is 5.91 Å². The Hall–Kier alpha value is -2.63. The highest BCUT2D eigenvalue weighted by Crippen LogP contribution is 2.37. The predicted octanol–water partition coefficient (Wildman–Crippen LogP) is 3.73. The number of carbonyl (C=O) groups is 1. The molecule has 1 aliphatic rings. The van der Waals surface area contributed by atoms with Crippen LogP contribution in [0.3, 0.4) is 0 Å². The van der Waals surface area contributed by atoms with E-state index < -0.39 is 0 Å². The van der Waals surface area contributed by atoms with Crippen LogP contribution in [-0.2, 0) is 16.9 Å². The Balaban J connectivity index is 1.26. The van der Waals surface area contributed by atoms with Gasteiger partial charge in [-0.05, 0) is 61.6 Å². The minimum atomic E-state index is 0.0210. The second kappa shape index (κ2) is 9.02. The molecular weight excluding hydrogens is 372 g/mol. The molecule has 0 bridgehead atoms. The Kier molecular flexibility index (Phi) is 6.21. The van der Waals surface area contributed by atoms with Crippen LogP contribution in [-0.4, -0.2) is 54.4 Å². The Bertz CT molecular complexity index is 971. The first kappa shape index (κ1) is 20.6. The number of H-pyrrole nitrogens is 1. The summed E-state index contributed by atoms with van der Waals surface area (Å²) in [7, 11) is 4.30. The summed E-state index contributed by atoms with van der Waals surface area (Å²) in [5.41, 5.74) is 3.77. The van der Waals surface area contributed by atoms with Crippen LogP contribution in [0.2, 0.25) is 0 Å². The van der Waals surface area contributed by atoms with Crippen LogP contribution in [0.4, 0.5) is 0 Å². The van der Waals surface area contributed by atoms with Crippen molar-refractivity contribution in [3.63, 3.8) is 0 Å². The summed E-state index contributed by atoms with van der Waals surface area (Å²) < 4.78 is 0. The highest BCUT2D eigenvalue weighted by atomic mass is 16.2. The van der Waals surface area contributed by atoms with Crippen molar-refractivity contribution in [1.29, 1.82) is 0 Å². The monoisotopic (exact) mass is 404 g/mol. The zero-order valence-corrected chi connectivity index (χ0v) is 18.0. The van der Waals surface area contributed by atoms with E-state index in [0.717, 1.165) is 38.0 Å². The van der Waals surface area contributed by atoms with Gasteiger partial charge < -0.3 is 15.2 Å². The molecule has 30 heavy (non-hydrogen) atoms. The van der Waals surface area contributed by atoms with Crippen molar-refractivity contribution < 1.29 is 4.79 Å². The SMILES string of the molecule is CN(C)C1(c2ccccc2)CCN(C(=O)CCNCc2ccc3[nH]ccc3c2)CC1. The lowest BCUT2D eigenvalue weighted by molar-refractivity contribution is -0.133. The van der Waals surface area contributed by atoms with Gasteiger partial charge in [-0.15, -0.1) is 0 Å². The van der Waals surface area contributed by atoms with Crippen LogP contribution in [0, 0.1) is 0 Å². The average Bonchev–Trinajstić information content (AvgIpc) is 3.25. The molecule has 3 aromatic rings. The summed E-state index contributed by atoms with van der Waals surface area (Å²) in [4.78, 5) is 20.3. The van der Waals surface area contributed by atoms with E-state index in [1.165, 1.54) is 16.5 Å². The minimum Gasteiger partial charge on any atom is -0.361 e. The number of amides is 1. The third kappa shape index (κ3) is 4.27. The molecule has 0 unspecified atom stereocenters. The largest absolute Gasteiger partial charge is 0.361 e. The predicted molar refractivity (Wildman–Crippen MR) is 122 cm³/mol. The lowest BCUT2D eigenvalue weighted by Gasteiger charge is -2.46. The van der Waals surface area contributed by atoms with E-state index in [1.54, 1.807) is 0 Å². The van der Waals surface area contributed by atoms with Crippen LogP contribution in [0.5, 0.6) is 0 Å². The molecule has 158 valence electrons. The van der Waals surface area contributed by atoms with Crippen molar-refractivity contribution in [1.82, 2.24) is 20.1 Å². The molecule has 1 aliphatic heterocycles. The molecule has 0 atom stereocenters. The fraction of sp³-hybridized carbons (Fsp3) is 0.400. The van der Waals surface area contributed by atoms with Gasteiger partial charge in [0.05, 0.1) is 0 Å². The number of aromatic amines is 1. The van der Waals surface area contributed by atoms with Crippen LogP contribution in [0.1, 0.15) is 30.4 Å². The number of likely N-dealkylation sites (tertiary alicyclic amines) is 1. The lowest BCUT2D eigenvalue weighted by atomic mass is 9.79. The van der Waals surface area contributed by atoms with Crippen LogP contribution in [0.15, 0.2) is 60.8 Å². The van der Waals surface area contributed by atoms with Gasteiger partial charge in [0.1, 0.15) is 0 Å². The Morgan fingerprint density at radius 2 is 1.87 bits per heavy atom. The summed E-state index contributed by atoms with van der Waals surface area (Å²) in [5.74, 6) is 0.254. The van der Waals surface area contributed by atoms with Gasteiger partial charge in [0.25, 0.3) is 0 Å². The fourth-order valence-corrected chi connectivity index (χ4v) is 4.67. The van der Waals surface area contributed by atoms with E-state index in [-0.39, 0.29) is 11.4 Å². The number of carbonyl (C=O) groups excluding carboxylic acids is 1.